The summed E-state index contributed by atoms with van der Waals surface area (Å²) in [6.45, 7) is 0.196. The smallest absolute Gasteiger partial charge is 0.233 e. The average molecular weight is 664 g/mol. The van der Waals surface area contributed by atoms with Crippen LogP contribution in [0, 0.1) is 5.82 Å². The predicted octanol–water partition coefficient (Wildman–Crippen LogP) is 8.22. The van der Waals surface area contributed by atoms with E-state index in [9.17, 15) is 9.50 Å². The van der Waals surface area contributed by atoms with Crippen molar-refractivity contribution in [2.75, 3.05) is 34.1 Å². The van der Waals surface area contributed by atoms with Gasteiger partial charge in [-0.1, -0.05) is 59.1 Å². The van der Waals surface area contributed by atoms with Crippen LogP contribution < -0.4 is 21.0 Å². The lowest BCUT2D eigenvalue weighted by atomic mass is 9.98. The van der Waals surface area contributed by atoms with Crippen LogP contribution in [0.4, 0.5) is 39.3 Å². The molecule has 13 heteroatoms. The Balaban J connectivity index is 1.24. The molecule has 1 unspecified atom stereocenters. The minimum absolute atomic E-state index is 0.0798. The van der Waals surface area contributed by atoms with E-state index >= 15 is 0 Å². The van der Waals surface area contributed by atoms with E-state index in [1.165, 1.54) is 12.1 Å². The number of aliphatic hydroxyl groups excluding tert-OH is 1. The van der Waals surface area contributed by atoms with Gasteiger partial charge < -0.3 is 21.1 Å². The van der Waals surface area contributed by atoms with Crippen molar-refractivity contribution < 1.29 is 9.50 Å². The van der Waals surface area contributed by atoms with E-state index in [0.717, 1.165) is 33.9 Å². The number of nitrogens with one attached hydrogen (secondary N) is 3. The van der Waals surface area contributed by atoms with Crippen molar-refractivity contribution in [1.82, 2.24) is 15.0 Å². The zero-order chi connectivity index (χ0) is 31.3. The number of halogens is 4. The van der Waals surface area contributed by atoms with Gasteiger partial charge in [-0.3, -0.25) is 5.01 Å². The van der Waals surface area contributed by atoms with Gasteiger partial charge in [0, 0.05) is 39.4 Å². The van der Waals surface area contributed by atoms with Gasteiger partial charge in [0.15, 0.2) is 0 Å². The SMILES string of the molecule is OCCNc1nc(Nc2ccc(Cl)cc2)nc(Nc2ccc(C3=NN(c4cc(Cl)cc(Cl)c4)C(c4ccc(F)cc4)C3)cc2)n1. The Morgan fingerprint density at radius 1 is 0.733 bits per heavy atom. The van der Waals surface area contributed by atoms with E-state index in [1.54, 1.807) is 42.5 Å². The molecule has 5 aromatic rings. The summed E-state index contributed by atoms with van der Waals surface area (Å²) in [6, 6.07) is 26.4. The number of rotatable bonds is 10. The molecule has 0 saturated carbocycles. The fraction of sp³-hybridized carbons (Fsp3) is 0.125. The first-order valence-corrected chi connectivity index (χ1v) is 15.1. The van der Waals surface area contributed by atoms with Gasteiger partial charge in [-0.2, -0.15) is 20.1 Å². The first kappa shape index (κ1) is 30.5. The topological polar surface area (TPSA) is 111 Å². The minimum Gasteiger partial charge on any atom is -0.395 e. The third-order valence-electron chi connectivity index (χ3n) is 6.88. The van der Waals surface area contributed by atoms with Gasteiger partial charge in [-0.05, 0) is 77.9 Å². The highest BCUT2D eigenvalue weighted by Crippen LogP contribution is 2.39. The fourth-order valence-corrected chi connectivity index (χ4v) is 5.45. The molecule has 0 bridgehead atoms. The maximum atomic E-state index is 13.7. The summed E-state index contributed by atoms with van der Waals surface area (Å²) in [5.41, 5.74) is 4.89. The van der Waals surface area contributed by atoms with Crippen molar-refractivity contribution in [3.05, 3.63) is 123 Å². The number of benzene rings is 4. The second-order valence-electron chi connectivity index (χ2n) is 10.1. The molecular formula is C32H26Cl3FN8O. The molecule has 1 aliphatic rings. The Hall–Kier alpha value is -4.48. The van der Waals surface area contributed by atoms with E-state index in [4.69, 9.17) is 39.9 Å². The fourth-order valence-electron chi connectivity index (χ4n) is 4.81. The summed E-state index contributed by atoms with van der Waals surface area (Å²) in [5.74, 6) is 0.595. The molecule has 0 amide bonds. The van der Waals surface area contributed by atoms with Gasteiger partial charge in [0.05, 0.1) is 24.0 Å². The van der Waals surface area contributed by atoms with Crippen LogP contribution in [-0.4, -0.2) is 38.9 Å². The van der Waals surface area contributed by atoms with Crippen molar-refractivity contribution in [2.45, 2.75) is 12.5 Å². The average Bonchev–Trinajstić information content (AvgIpc) is 3.47. The highest BCUT2D eigenvalue weighted by Gasteiger charge is 2.30. The normalized spacial score (nSPS) is 14.3. The van der Waals surface area contributed by atoms with Crippen LogP contribution in [0.15, 0.2) is 96.1 Å². The molecule has 0 aliphatic carbocycles. The summed E-state index contributed by atoms with van der Waals surface area (Å²) < 4.78 is 13.7. The highest BCUT2D eigenvalue weighted by molar-refractivity contribution is 6.35. The van der Waals surface area contributed by atoms with Crippen LogP contribution in [0.3, 0.4) is 0 Å². The number of anilines is 6. The number of hydrazone groups is 1. The van der Waals surface area contributed by atoms with Crippen molar-refractivity contribution >= 4 is 75.4 Å². The van der Waals surface area contributed by atoms with Crippen molar-refractivity contribution in [1.29, 1.82) is 0 Å². The Labute approximate surface area is 273 Å². The number of hydrogen-bond acceptors (Lipinski definition) is 9. The Morgan fingerprint density at radius 3 is 1.91 bits per heavy atom. The Bertz CT molecular complexity index is 1800. The van der Waals surface area contributed by atoms with Crippen LogP contribution >= 0.6 is 34.8 Å². The maximum absolute atomic E-state index is 13.7. The van der Waals surface area contributed by atoms with Crippen LogP contribution in [-0.2, 0) is 0 Å². The van der Waals surface area contributed by atoms with E-state index in [0.29, 0.717) is 39.3 Å². The predicted molar refractivity (Wildman–Crippen MR) is 179 cm³/mol. The zero-order valence-corrected chi connectivity index (χ0v) is 25.8. The molecular weight excluding hydrogens is 638 g/mol. The van der Waals surface area contributed by atoms with Crippen molar-refractivity contribution in [2.24, 2.45) is 5.10 Å². The van der Waals surface area contributed by atoms with Gasteiger partial charge in [-0.25, -0.2) is 4.39 Å². The molecule has 4 aromatic carbocycles. The summed E-state index contributed by atoms with van der Waals surface area (Å²) in [4.78, 5) is 13.3. The van der Waals surface area contributed by atoms with Gasteiger partial charge in [0.25, 0.3) is 0 Å². The van der Waals surface area contributed by atoms with Crippen molar-refractivity contribution in [3.63, 3.8) is 0 Å². The molecule has 1 aromatic heterocycles. The van der Waals surface area contributed by atoms with Crippen molar-refractivity contribution in [3.8, 4) is 0 Å². The maximum Gasteiger partial charge on any atom is 0.233 e. The molecule has 2 heterocycles. The third kappa shape index (κ3) is 7.61. The Morgan fingerprint density at radius 2 is 1.31 bits per heavy atom. The Kier molecular flexibility index (Phi) is 9.27. The molecule has 6 rings (SSSR count). The molecule has 1 aliphatic heterocycles. The second-order valence-corrected chi connectivity index (χ2v) is 11.4. The van der Waals surface area contributed by atoms with Crippen LogP contribution in [0.1, 0.15) is 23.6 Å². The first-order chi connectivity index (χ1) is 21.8. The highest BCUT2D eigenvalue weighted by atomic mass is 35.5. The molecule has 0 spiro atoms. The van der Waals surface area contributed by atoms with Crippen LogP contribution in [0.25, 0.3) is 0 Å². The van der Waals surface area contributed by atoms with Crippen LogP contribution in [0.5, 0.6) is 0 Å². The van der Waals surface area contributed by atoms with Crippen LogP contribution in [0.2, 0.25) is 15.1 Å². The molecule has 45 heavy (non-hydrogen) atoms. The molecule has 0 radical (unpaired) electrons. The quantitative estimate of drug-likeness (QED) is 0.118. The number of nitrogens with zero attached hydrogens (tertiary/aromatic N) is 5. The monoisotopic (exact) mass is 662 g/mol. The lowest BCUT2D eigenvalue weighted by molar-refractivity contribution is 0.311. The number of aromatic nitrogens is 3. The molecule has 0 saturated heterocycles. The third-order valence-corrected chi connectivity index (χ3v) is 7.57. The van der Waals surface area contributed by atoms with Gasteiger partial charge in [-0.15, -0.1) is 0 Å². The molecule has 0 fully saturated rings. The lowest BCUT2D eigenvalue weighted by Gasteiger charge is -2.24. The molecule has 228 valence electrons. The minimum atomic E-state index is -0.305. The number of aliphatic hydroxyl groups is 1. The van der Waals surface area contributed by atoms with Gasteiger partial charge >= 0.3 is 0 Å². The summed E-state index contributed by atoms with van der Waals surface area (Å²) >= 11 is 18.6. The molecule has 4 N–H and O–H groups in total. The molecule has 9 nitrogen and oxygen atoms in total. The summed E-state index contributed by atoms with van der Waals surface area (Å²) in [6.07, 6.45) is 0.579. The summed E-state index contributed by atoms with van der Waals surface area (Å²) in [7, 11) is 0. The van der Waals surface area contributed by atoms with E-state index in [1.807, 2.05) is 41.4 Å². The lowest BCUT2D eigenvalue weighted by Crippen LogP contribution is -2.18. The van der Waals surface area contributed by atoms with E-state index in [-0.39, 0.29) is 25.0 Å². The van der Waals surface area contributed by atoms with E-state index in [2.05, 4.69) is 30.9 Å². The largest absolute Gasteiger partial charge is 0.395 e. The first-order valence-electron chi connectivity index (χ1n) is 13.9. The van der Waals surface area contributed by atoms with E-state index < -0.39 is 0 Å². The summed E-state index contributed by atoms with van der Waals surface area (Å²) in [5, 5.41) is 27.0. The standard InChI is InChI=1S/C32H26Cl3FN8O/c33-21-5-11-26(12-6-21)39-32-41-30(37-13-14-45)40-31(42-32)38-25-9-3-19(4-10-25)28-18-29(20-1-7-24(36)8-2-20)44(43-28)27-16-22(34)15-23(35)17-27/h1-12,15-17,29,45H,13-14,18H2,(H3,37,38,39,40,41,42). The zero-order valence-electron chi connectivity index (χ0n) is 23.6. The van der Waals surface area contributed by atoms with Gasteiger partial charge in [0.1, 0.15) is 5.82 Å². The number of hydrogen-bond donors (Lipinski definition) is 4. The molecule has 1 atom stereocenters. The van der Waals surface area contributed by atoms with Gasteiger partial charge in [0.2, 0.25) is 17.8 Å². The second kappa shape index (κ2) is 13.7.